The fourth-order valence-corrected chi connectivity index (χ4v) is 5.85. The molecule has 1 amide bonds. The molecular weight excluding hydrogens is 469 g/mol. The second-order valence-electron chi connectivity index (χ2n) is 9.39. The summed E-state index contributed by atoms with van der Waals surface area (Å²) in [5.41, 5.74) is 4.75. The highest BCUT2D eigenvalue weighted by atomic mass is 19.1. The number of halogens is 1. The van der Waals surface area contributed by atoms with Gasteiger partial charge in [-0.25, -0.2) is 4.39 Å². The summed E-state index contributed by atoms with van der Waals surface area (Å²) < 4.78 is 20.4. The van der Waals surface area contributed by atoms with E-state index in [-0.39, 0.29) is 5.91 Å². The average Bonchev–Trinajstić information content (AvgIpc) is 3.52. The van der Waals surface area contributed by atoms with Gasteiger partial charge in [0, 0.05) is 17.8 Å². The Morgan fingerprint density at radius 3 is 2.76 bits per heavy atom. The van der Waals surface area contributed by atoms with Crippen molar-refractivity contribution < 1.29 is 13.9 Å². The average molecular weight is 496 g/mol. The lowest BCUT2D eigenvalue weighted by molar-refractivity contribution is -0.126. The van der Waals surface area contributed by atoms with Crippen molar-refractivity contribution in [1.82, 2.24) is 15.2 Å². The minimum absolute atomic E-state index is 0.00951. The van der Waals surface area contributed by atoms with Gasteiger partial charge in [-0.3, -0.25) is 9.78 Å². The van der Waals surface area contributed by atoms with E-state index >= 15 is 0 Å². The number of hydrogen-bond donors (Lipinski definition) is 1. The molecule has 1 atom stereocenters. The fourth-order valence-electron chi connectivity index (χ4n) is 5.85. The Morgan fingerprint density at radius 1 is 1.14 bits per heavy atom. The minimum atomic E-state index is -0.741. The van der Waals surface area contributed by atoms with Crippen molar-refractivity contribution in [2.24, 2.45) is 10.2 Å². The first kappa shape index (κ1) is 23.1. The molecule has 1 aromatic heterocycles. The van der Waals surface area contributed by atoms with Crippen LogP contribution >= 0.6 is 0 Å². The maximum Gasteiger partial charge on any atom is 0.253 e. The molecule has 0 spiro atoms. The lowest BCUT2D eigenvalue weighted by Gasteiger charge is -2.39. The quantitative estimate of drug-likeness (QED) is 0.515. The molecule has 0 saturated heterocycles. The number of hydrogen-bond acceptors (Lipinski definition) is 6. The van der Waals surface area contributed by atoms with Crippen LogP contribution in [-0.4, -0.2) is 36.0 Å². The first-order valence-corrected chi connectivity index (χ1v) is 12.3. The monoisotopic (exact) mass is 495 g/mol. The number of pyridine rings is 1. The zero-order valence-corrected chi connectivity index (χ0v) is 20.7. The molecule has 8 heteroatoms. The fraction of sp³-hybridized carbons (Fsp3) is 0.241. The molecule has 0 fully saturated rings. The van der Waals surface area contributed by atoms with E-state index in [0.717, 1.165) is 28.0 Å². The molecule has 3 aliphatic rings. The zero-order chi connectivity index (χ0) is 25.6. The van der Waals surface area contributed by atoms with Crippen molar-refractivity contribution in [3.63, 3.8) is 0 Å². The summed E-state index contributed by atoms with van der Waals surface area (Å²) >= 11 is 0. The minimum Gasteiger partial charge on any atom is -0.494 e. The SMILES string of the molecule is CC[C@@]1(c2cccc(-c3c(F)cncc3OC)c2)C2=C(N=NC2)NC2=C1C(=O)N(Cc1ccccc1)C2. The van der Waals surface area contributed by atoms with Crippen molar-refractivity contribution >= 4 is 5.91 Å². The highest BCUT2D eigenvalue weighted by Crippen LogP contribution is 2.51. The molecule has 0 saturated carbocycles. The number of amides is 1. The van der Waals surface area contributed by atoms with Gasteiger partial charge in [0.2, 0.25) is 0 Å². The summed E-state index contributed by atoms with van der Waals surface area (Å²) in [6.07, 6.45) is 3.31. The van der Waals surface area contributed by atoms with Gasteiger partial charge < -0.3 is 15.0 Å². The van der Waals surface area contributed by atoms with Crippen molar-refractivity contribution in [3.05, 3.63) is 107 Å². The predicted molar refractivity (Wildman–Crippen MR) is 137 cm³/mol. The molecule has 0 unspecified atom stereocenters. The number of nitrogens with zero attached hydrogens (tertiary/aromatic N) is 4. The van der Waals surface area contributed by atoms with Gasteiger partial charge in [0.05, 0.1) is 49.1 Å². The first-order valence-electron chi connectivity index (χ1n) is 12.3. The van der Waals surface area contributed by atoms with Crippen molar-refractivity contribution in [3.8, 4) is 16.9 Å². The summed E-state index contributed by atoms with van der Waals surface area (Å²) in [4.78, 5) is 19.8. The number of nitrogens with one attached hydrogen (secondary N) is 1. The molecule has 186 valence electrons. The number of ether oxygens (including phenoxy) is 1. The number of methoxy groups -OCH3 is 1. The zero-order valence-electron chi connectivity index (χ0n) is 20.7. The molecule has 3 aliphatic heterocycles. The van der Waals surface area contributed by atoms with E-state index < -0.39 is 11.2 Å². The third kappa shape index (κ3) is 3.55. The Kier molecular flexibility index (Phi) is 5.59. The number of aromatic nitrogens is 1. The van der Waals surface area contributed by atoms with Crippen LogP contribution in [0.25, 0.3) is 11.1 Å². The third-order valence-electron chi connectivity index (χ3n) is 7.52. The second kappa shape index (κ2) is 8.96. The van der Waals surface area contributed by atoms with Crippen LogP contribution < -0.4 is 10.1 Å². The smallest absolute Gasteiger partial charge is 0.253 e. The van der Waals surface area contributed by atoms with Crippen LogP contribution in [-0.2, 0) is 16.8 Å². The summed E-state index contributed by atoms with van der Waals surface area (Å²) in [5, 5.41) is 12.1. The standard InChI is InChI=1S/C29H26FN5O2/c1-3-29(20-11-7-10-19(12-20)25-22(30)14-31-15-24(25)37-2)21-13-32-34-27(21)33-23-17-35(28(36)26(23)29)16-18-8-5-4-6-9-18/h4-12,14-15,33H,3,13,16-17H2,1-2H3/t29-/m1/s1. The van der Waals surface area contributed by atoms with Crippen LogP contribution in [0.1, 0.15) is 24.5 Å². The molecule has 2 aromatic carbocycles. The van der Waals surface area contributed by atoms with Crippen LogP contribution in [0.2, 0.25) is 0 Å². The van der Waals surface area contributed by atoms with E-state index in [4.69, 9.17) is 4.74 Å². The third-order valence-corrected chi connectivity index (χ3v) is 7.52. The Bertz CT molecular complexity index is 1500. The van der Waals surface area contributed by atoms with Crippen molar-refractivity contribution in [1.29, 1.82) is 0 Å². The summed E-state index contributed by atoms with van der Waals surface area (Å²) in [6.45, 7) is 3.45. The summed E-state index contributed by atoms with van der Waals surface area (Å²) in [5.74, 6) is 0.575. The van der Waals surface area contributed by atoms with Gasteiger partial charge in [-0.1, -0.05) is 55.5 Å². The Balaban J connectivity index is 1.48. The number of carbonyl (C=O) groups excluding carboxylic acids is 1. The first-order chi connectivity index (χ1) is 18.1. The van der Waals surface area contributed by atoms with Gasteiger partial charge >= 0.3 is 0 Å². The maximum absolute atomic E-state index is 15.0. The van der Waals surface area contributed by atoms with E-state index in [1.165, 1.54) is 19.5 Å². The van der Waals surface area contributed by atoms with E-state index in [9.17, 15) is 9.18 Å². The van der Waals surface area contributed by atoms with E-state index in [1.54, 1.807) is 0 Å². The molecule has 6 rings (SSSR count). The number of carbonyl (C=O) groups is 1. The Hall–Kier alpha value is -4.33. The van der Waals surface area contributed by atoms with Crippen LogP contribution in [0.4, 0.5) is 4.39 Å². The molecule has 3 aromatic rings. The largest absolute Gasteiger partial charge is 0.494 e. The topological polar surface area (TPSA) is 79.2 Å². The highest BCUT2D eigenvalue weighted by molar-refractivity contribution is 6.01. The van der Waals surface area contributed by atoms with E-state index in [2.05, 4.69) is 27.5 Å². The molecular formula is C29H26FN5O2. The van der Waals surface area contributed by atoms with Crippen molar-refractivity contribution in [2.75, 3.05) is 20.2 Å². The van der Waals surface area contributed by atoms with Crippen LogP contribution in [0.5, 0.6) is 5.75 Å². The van der Waals surface area contributed by atoms with Gasteiger partial charge in [0.15, 0.2) is 11.6 Å². The van der Waals surface area contributed by atoms with Crippen LogP contribution in [0.3, 0.4) is 0 Å². The molecule has 4 heterocycles. The summed E-state index contributed by atoms with van der Waals surface area (Å²) in [7, 11) is 1.50. The lowest BCUT2D eigenvalue weighted by Crippen LogP contribution is -2.41. The predicted octanol–water partition coefficient (Wildman–Crippen LogP) is 5.12. The number of rotatable bonds is 6. The van der Waals surface area contributed by atoms with Crippen LogP contribution in [0.15, 0.2) is 99.9 Å². The van der Waals surface area contributed by atoms with Crippen molar-refractivity contribution in [2.45, 2.75) is 25.3 Å². The number of dihydropyridines is 1. The number of benzene rings is 2. The molecule has 0 bridgehead atoms. The van der Waals surface area contributed by atoms with Gasteiger partial charge in [-0.15, -0.1) is 5.11 Å². The Morgan fingerprint density at radius 2 is 1.97 bits per heavy atom. The van der Waals surface area contributed by atoms with E-state index in [0.29, 0.717) is 48.8 Å². The van der Waals surface area contributed by atoms with Gasteiger partial charge in [0.1, 0.15) is 5.75 Å². The highest BCUT2D eigenvalue weighted by Gasteiger charge is 2.52. The molecule has 0 radical (unpaired) electrons. The Labute approximate surface area is 214 Å². The molecule has 37 heavy (non-hydrogen) atoms. The molecule has 1 N–H and O–H groups in total. The lowest BCUT2D eigenvalue weighted by atomic mass is 9.64. The normalized spacial score (nSPS) is 20.3. The molecule has 7 nitrogen and oxygen atoms in total. The summed E-state index contributed by atoms with van der Waals surface area (Å²) in [6, 6.07) is 17.7. The van der Waals surface area contributed by atoms with Gasteiger partial charge in [0.25, 0.3) is 5.91 Å². The van der Waals surface area contributed by atoms with Gasteiger partial charge in [-0.05, 0) is 29.2 Å². The maximum atomic E-state index is 15.0. The molecule has 0 aliphatic carbocycles. The number of azo groups is 1. The van der Waals surface area contributed by atoms with Crippen LogP contribution in [0, 0.1) is 5.82 Å². The second-order valence-corrected chi connectivity index (χ2v) is 9.39. The van der Waals surface area contributed by atoms with E-state index in [1.807, 2.05) is 59.5 Å². The van der Waals surface area contributed by atoms with Gasteiger partial charge in [-0.2, -0.15) is 5.11 Å².